The third kappa shape index (κ3) is 4.67. The maximum absolute atomic E-state index is 13.4. The number of halogens is 1. The zero-order valence-electron chi connectivity index (χ0n) is 15.4. The van der Waals surface area contributed by atoms with Crippen molar-refractivity contribution < 1.29 is 13.3 Å². The van der Waals surface area contributed by atoms with Gasteiger partial charge in [0.2, 0.25) is 0 Å². The van der Waals surface area contributed by atoms with Crippen LogP contribution in [0.15, 0.2) is 83.8 Å². The molecular weight excluding hydrogens is 414 g/mol. The summed E-state index contributed by atoms with van der Waals surface area (Å²) in [6.45, 7) is 1.69. The van der Waals surface area contributed by atoms with E-state index in [0.29, 0.717) is 16.4 Å². The van der Waals surface area contributed by atoms with Gasteiger partial charge >= 0.3 is 0 Å². The predicted octanol–water partition coefficient (Wildman–Crippen LogP) is 4.90. The van der Waals surface area contributed by atoms with Crippen molar-refractivity contribution in [1.29, 1.82) is 0 Å². The molecule has 1 N–H and O–H groups in total. The summed E-state index contributed by atoms with van der Waals surface area (Å²) in [5.74, 6) is 0. The summed E-state index contributed by atoms with van der Waals surface area (Å²) in [6, 6.07) is 20.3. The Bertz CT molecular complexity index is 1090. The third-order valence-corrected chi connectivity index (χ3v) is 6.35. The largest absolute Gasteiger partial charge is 0.365 e. The minimum atomic E-state index is -3.94. The smallest absolute Gasteiger partial charge is 0.269 e. The van der Waals surface area contributed by atoms with Gasteiger partial charge in [-0.2, -0.15) is 0 Å². The van der Waals surface area contributed by atoms with Gasteiger partial charge in [-0.05, 0) is 55.5 Å². The zero-order valence-corrected chi connectivity index (χ0v) is 17.0. The number of anilines is 2. The van der Waals surface area contributed by atoms with Gasteiger partial charge in [0.15, 0.2) is 0 Å². The monoisotopic (exact) mass is 431 g/mol. The maximum atomic E-state index is 13.4. The number of non-ortho nitro benzene ring substituents is 1. The molecule has 0 aliphatic rings. The van der Waals surface area contributed by atoms with Gasteiger partial charge in [-0.15, -0.1) is 0 Å². The first-order chi connectivity index (χ1) is 13.8. The second-order valence-corrected chi connectivity index (χ2v) is 8.47. The second kappa shape index (κ2) is 8.50. The average Bonchev–Trinajstić information content (AvgIpc) is 2.71. The van der Waals surface area contributed by atoms with Crippen LogP contribution in [0.2, 0.25) is 5.02 Å². The molecule has 0 aromatic heterocycles. The fraction of sp³-hybridized carbons (Fsp3) is 0.100. The molecule has 1 atom stereocenters. The molecule has 0 bridgehead atoms. The van der Waals surface area contributed by atoms with Crippen molar-refractivity contribution in [3.8, 4) is 0 Å². The lowest BCUT2D eigenvalue weighted by Crippen LogP contribution is -2.43. The second-order valence-electron chi connectivity index (χ2n) is 6.21. The van der Waals surface area contributed by atoms with E-state index >= 15 is 0 Å². The Morgan fingerprint density at radius 2 is 1.55 bits per heavy atom. The molecule has 7 nitrogen and oxygen atoms in total. The van der Waals surface area contributed by atoms with Gasteiger partial charge < -0.3 is 5.32 Å². The molecule has 0 saturated carbocycles. The molecule has 0 fully saturated rings. The number of nitro groups is 1. The van der Waals surface area contributed by atoms with Crippen molar-refractivity contribution in [2.45, 2.75) is 18.0 Å². The first-order valence-electron chi connectivity index (χ1n) is 8.65. The van der Waals surface area contributed by atoms with Crippen LogP contribution in [0.5, 0.6) is 0 Å². The van der Waals surface area contributed by atoms with E-state index in [9.17, 15) is 18.5 Å². The summed E-state index contributed by atoms with van der Waals surface area (Å²) in [7, 11) is -3.94. The lowest BCUT2D eigenvalue weighted by Gasteiger charge is -2.31. The van der Waals surface area contributed by atoms with E-state index in [1.54, 1.807) is 49.4 Å². The molecule has 0 amide bonds. The van der Waals surface area contributed by atoms with E-state index < -0.39 is 21.1 Å². The molecule has 1 unspecified atom stereocenters. The Morgan fingerprint density at radius 3 is 2.10 bits per heavy atom. The van der Waals surface area contributed by atoms with E-state index in [0.717, 1.165) is 0 Å². The number of nitrogens with zero attached hydrogens (tertiary/aromatic N) is 2. The first kappa shape index (κ1) is 20.6. The highest BCUT2D eigenvalue weighted by molar-refractivity contribution is 7.92. The van der Waals surface area contributed by atoms with Crippen LogP contribution in [0.4, 0.5) is 17.1 Å². The molecular formula is C20H18ClN3O4S. The normalized spacial score (nSPS) is 12.2. The zero-order chi connectivity index (χ0) is 21.0. The van der Waals surface area contributed by atoms with E-state index in [1.165, 1.54) is 40.7 Å². The molecule has 0 heterocycles. The van der Waals surface area contributed by atoms with E-state index in [2.05, 4.69) is 5.32 Å². The van der Waals surface area contributed by atoms with Crippen LogP contribution in [0.25, 0.3) is 0 Å². The standard InChI is InChI=1S/C20H18ClN3O4S/c1-15(22-17-9-7-16(21)8-10-17)23(18-11-13-19(14-12-18)24(25)26)29(27,28)20-5-3-2-4-6-20/h2-15,22H,1H3. The average molecular weight is 432 g/mol. The SMILES string of the molecule is CC(Nc1ccc(Cl)cc1)N(c1ccc([N+](=O)[O-])cc1)S(=O)(=O)c1ccccc1. The quantitative estimate of drug-likeness (QED) is 0.326. The van der Waals surface area contributed by atoms with Crippen LogP contribution in [0, 0.1) is 10.1 Å². The molecule has 3 aromatic carbocycles. The van der Waals surface area contributed by atoms with Crippen molar-refractivity contribution in [3.05, 3.63) is 94.0 Å². The lowest BCUT2D eigenvalue weighted by atomic mass is 10.2. The topological polar surface area (TPSA) is 92.5 Å². The highest BCUT2D eigenvalue weighted by Crippen LogP contribution is 2.28. The minimum absolute atomic E-state index is 0.114. The van der Waals surface area contributed by atoms with Crippen LogP contribution >= 0.6 is 11.6 Å². The Morgan fingerprint density at radius 1 is 0.966 bits per heavy atom. The molecule has 0 radical (unpaired) electrons. The number of hydrogen-bond acceptors (Lipinski definition) is 5. The summed E-state index contributed by atoms with van der Waals surface area (Å²) >= 11 is 5.91. The van der Waals surface area contributed by atoms with Gasteiger partial charge in [-0.1, -0.05) is 29.8 Å². The number of nitro benzene ring substituents is 1. The number of rotatable bonds is 7. The van der Waals surface area contributed by atoms with Crippen LogP contribution in [-0.2, 0) is 10.0 Å². The number of nitrogens with one attached hydrogen (secondary N) is 1. The Kier molecular flexibility index (Phi) is 6.05. The van der Waals surface area contributed by atoms with Crippen LogP contribution in [0.3, 0.4) is 0 Å². The Hall–Kier alpha value is -3.10. The van der Waals surface area contributed by atoms with Gasteiger partial charge in [0.1, 0.15) is 6.17 Å². The molecule has 0 saturated heterocycles. The summed E-state index contributed by atoms with van der Waals surface area (Å²) < 4.78 is 27.9. The lowest BCUT2D eigenvalue weighted by molar-refractivity contribution is -0.384. The minimum Gasteiger partial charge on any atom is -0.365 e. The molecule has 3 rings (SSSR count). The van der Waals surface area contributed by atoms with Crippen molar-refractivity contribution in [2.75, 3.05) is 9.62 Å². The number of benzene rings is 3. The molecule has 0 aliphatic heterocycles. The van der Waals surface area contributed by atoms with Gasteiger partial charge in [0, 0.05) is 22.8 Å². The summed E-state index contributed by atoms with van der Waals surface area (Å²) in [6.07, 6.45) is -0.692. The van der Waals surface area contributed by atoms with Crippen LogP contribution in [0.1, 0.15) is 6.92 Å². The molecule has 0 spiro atoms. The van der Waals surface area contributed by atoms with Crippen molar-refractivity contribution in [1.82, 2.24) is 0 Å². The number of sulfonamides is 1. The maximum Gasteiger partial charge on any atom is 0.269 e. The molecule has 9 heteroatoms. The van der Waals surface area contributed by atoms with Gasteiger partial charge in [0.05, 0.1) is 15.5 Å². The molecule has 3 aromatic rings. The van der Waals surface area contributed by atoms with Gasteiger partial charge in [-0.25, -0.2) is 12.7 Å². The highest BCUT2D eigenvalue weighted by atomic mass is 35.5. The van der Waals surface area contributed by atoms with Crippen molar-refractivity contribution in [3.63, 3.8) is 0 Å². The van der Waals surface area contributed by atoms with Crippen LogP contribution < -0.4 is 9.62 Å². The fourth-order valence-electron chi connectivity index (χ4n) is 2.84. The van der Waals surface area contributed by atoms with Crippen molar-refractivity contribution in [2.24, 2.45) is 0 Å². The van der Waals surface area contributed by atoms with Gasteiger partial charge in [0.25, 0.3) is 15.7 Å². The first-order valence-corrected chi connectivity index (χ1v) is 10.5. The Labute approximate surface area is 173 Å². The molecule has 0 aliphatic carbocycles. The van der Waals surface area contributed by atoms with Gasteiger partial charge in [-0.3, -0.25) is 10.1 Å². The molecule has 29 heavy (non-hydrogen) atoms. The Balaban J connectivity index is 2.03. The fourth-order valence-corrected chi connectivity index (χ4v) is 4.57. The van der Waals surface area contributed by atoms with E-state index in [1.807, 2.05) is 0 Å². The predicted molar refractivity (Wildman–Crippen MR) is 114 cm³/mol. The highest BCUT2D eigenvalue weighted by Gasteiger charge is 2.30. The number of hydrogen-bond donors (Lipinski definition) is 1. The van der Waals surface area contributed by atoms with Crippen molar-refractivity contribution >= 4 is 38.7 Å². The summed E-state index contributed by atoms with van der Waals surface area (Å²) in [4.78, 5) is 10.5. The summed E-state index contributed by atoms with van der Waals surface area (Å²) in [5.41, 5.74) is 0.856. The summed E-state index contributed by atoms with van der Waals surface area (Å²) in [5, 5.41) is 14.7. The van der Waals surface area contributed by atoms with Crippen LogP contribution in [-0.4, -0.2) is 19.5 Å². The molecule has 150 valence electrons. The van der Waals surface area contributed by atoms with E-state index in [4.69, 9.17) is 11.6 Å². The third-order valence-electron chi connectivity index (χ3n) is 4.19. The van der Waals surface area contributed by atoms with E-state index in [-0.39, 0.29) is 10.6 Å².